The SMILES string of the molecule is Cc1c(-c2cc3sc(-c4sc5sc6ccccc6c5c4C)cc3s2)sc2sc3ccccc3c12. The van der Waals surface area contributed by atoms with Gasteiger partial charge in [-0.3, -0.25) is 0 Å². The lowest BCUT2D eigenvalue weighted by Crippen LogP contribution is -1.72. The Morgan fingerprint density at radius 1 is 0.471 bits per heavy atom. The number of rotatable bonds is 2. The molecule has 0 N–H and O–H groups in total. The lowest BCUT2D eigenvalue weighted by Gasteiger charge is -1.97. The van der Waals surface area contributed by atoms with Gasteiger partial charge in [-0.05, 0) is 49.2 Å². The summed E-state index contributed by atoms with van der Waals surface area (Å²) in [6.45, 7) is 4.61. The number of aryl methyl sites for hydroxylation is 2. The van der Waals surface area contributed by atoms with Crippen LogP contribution in [0.1, 0.15) is 11.1 Å². The van der Waals surface area contributed by atoms with Crippen LogP contribution in [0.15, 0.2) is 60.7 Å². The van der Waals surface area contributed by atoms with Crippen molar-refractivity contribution in [3.63, 3.8) is 0 Å². The van der Waals surface area contributed by atoms with Gasteiger partial charge in [-0.15, -0.1) is 68.0 Å². The monoisotopic (exact) mass is 544 g/mol. The third-order valence-corrected chi connectivity index (χ3v) is 14.4. The summed E-state index contributed by atoms with van der Waals surface area (Å²) in [7, 11) is 0. The lowest BCUT2D eigenvalue weighted by molar-refractivity contribution is 1.61. The summed E-state index contributed by atoms with van der Waals surface area (Å²) in [5.74, 6) is 0. The van der Waals surface area contributed by atoms with Crippen molar-refractivity contribution in [3.05, 3.63) is 71.8 Å². The minimum Gasteiger partial charge on any atom is -0.133 e. The van der Waals surface area contributed by atoms with E-state index in [0.717, 1.165) is 0 Å². The third-order valence-electron chi connectivity index (χ3n) is 6.60. The second-order valence-electron chi connectivity index (χ2n) is 8.58. The van der Waals surface area contributed by atoms with Crippen LogP contribution in [0, 0.1) is 13.8 Å². The normalized spacial score (nSPS) is 12.4. The molecule has 0 fully saturated rings. The Morgan fingerprint density at radius 3 is 1.38 bits per heavy atom. The molecule has 0 atom stereocenters. The quantitative estimate of drug-likeness (QED) is 0.203. The fourth-order valence-electron chi connectivity index (χ4n) is 5.00. The molecule has 0 bridgehead atoms. The molecular weight excluding hydrogens is 529 g/mol. The number of hydrogen-bond donors (Lipinski definition) is 0. The highest BCUT2D eigenvalue weighted by Crippen LogP contribution is 2.52. The van der Waals surface area contributed by atoms with Crippen molar-refractivity contribution in [2.24, 2.45) is 0 Å². The van der Waals surface area contributed by atoms with E-state index in [0.29, 0.717) is 0 Å². The molecule has 6 aromatic heterocycles. The molecule has 2 aromatic carbocycles. The Morgan fingerprint density at radius 2 is 0.912 bits per heavy atom. The van der Waals surface area contributed by atoms with E-state index in [1.165, 1.54) is 79.0 Å². The van der Waals surface area contributed by atoms with Crippen LogP contribution in [0.3, 0.4) is 0 Å². The largest absolute Gasteiger partial charge is 0.133 e. The van der Waals surface area contributed by atoms with Gasteiger partial charge in [0.2, 0.25) is 0 Å². The molecule has 0 aliphatic heterocycles. The average Bonchev–Trinajstić information content (AvgIpc) is 3.63. The summed E-state index contributed by atoms with van der Waals surface area (Å²) in [6.07, 6.45) is 0. The van der Waals surface area contributed by atoms with Crippen molar-refractivity contribution in [1.82, 2.24) is 0 Å². The maximum Gasteiger partial charge on any atom is 0.0887 e. The molecule has 34 heavy (non-hydrogen) atoms. The zero-order valence-electron chi connectivity index (χ0n) is 18.2. The summed E-state index contributed by atoms with van der Waals surface area (Å²) in [5.41, 5.74) is 2.88. The molecule has 0 radical (unpaired) electrons. The van der Waals surface area contributed by atoms with Crippen LogP contribution < -0.4 is 0 Å². The molecule has 8 aromatic rings. The van der Waals surface area contributed by atoms with E-state index in [9.17, 15) is 0 Å². The first-order valence-electron chi connectivity index (χ1n) is 11.0. The van der Waals surface area contributed by atoms with Crippen molar-refractivity contribution >= 4 is 116 Å². The number of fused-ring (bicyclic) bond motifs is 7. The molecule has 0 aliphatic carbocycles. The maximum absolute atomic E-state index is 2.43. The molecule has 164 valence electrons. The van der Waals surface area contributed by atoms with Gasteiger partial charge in [0, 0.05) is 59.9 Å². The molecule has 0 amide bonds. The molecule has 0 nitrogen and oxygen atoms in total. The Hall–Kier alpha value is -2.06. The van der Waals surface area contributed by atoms with E-state index < -0.39 is 0 Å². The zero-order chi connectivity index (χ0) is 22.6. The van der Waals surface area contributed by atoms with E-state index in [4.69, 9.17) is 0 Å². The highest BCUT2D eigenvalue weighted by atomic mass is 32.2. The van der Waals surface area contributed by atoms with Gasteiger partial charge >= 0.3 is 0 Å². The van der Waals surface area contributed by atoms with Gasteiger partial charge in [0.15, 0.2) is 0 Å². The second-order valence-corrected chi connectivity index (χ2v) is 15.4. The van der Waals surface area contributed by atoms with Crippen molar-refractivity contribution in [1.29, 1.82) is 0 Å². The van der Waals surface area contributed by atoms with Crippen LogP contribution in [0.25, 0.3) is 67.9 Å². The molecule has 0 saturated heterocycles. The molecule has 6 heteroatoms. The smallest absolute Gasteiger partial charge is 0.0887 e. The Kier molecular flexibility index (Phi) is 4.29. The fourth-order valence-corrected chi connectivity index (χ4v) is 13.2. The van der Waals surface area contributed by atoms with Gasteiger partial charge in [-0.1, -0.05) is 36.4 Å². The number of benzene rings is 2. The van der Waals surface area contributed by atoms with E-state index in [-0.39, 0.29) is 0 Å². The first-order chi connectivity index (χ1) is 16.7. The molecule has 0 saturated carbocycles. The summed E-state index contributed by atoms with van der Waals surface area (Å²) in [5, 5.41) is 5.73. The molecule has 0 aliphatic rings. The van der Waals surface area contributed by atoms with Crippen LogP contribution in [-0.4, -0.2) is 0 Å². The van der Waals surface area contributed by atoms with Crippen molar-refractivity contribution < 1.29 is 0 Å². The highest BCUT2D eigenvalue weighted by molar-refractivity contribution is 7.45. The van der Waals surface area contributed by atoms with Crippen LogP contribution in [-0.2, 0) is 0 Å². The van der Waals surface area contributed by atoms with E-state index >= 15 is 0 Å². The predicted molar refractivity (Wildman–Crippen MR) is 162 cm³/mol. The van der Waals surface area contributed by atoms with Gasteiger partial charge in [-0.25, -0.2) is 0 Å². The lowest BCUT2D eigenvalue weighted by atomic mass is 10.1. The minimum atomic E-state index is 1.40. The van der Waals surface area contributed by atoms with Gasteiger partial charge in [0.25, 0.3) is 0 Å². The molecule has 0 unspecified atom stereocenters. The summed E-state index contributed by atoms with van der Waals surface area (Å²) in [4.78, 5) is 5.72. The average molecular weight is 545 g/mol. The number of hydrogen-bond acceptors (Lipinski definition) is 6. The standard InChI is InChI=1S/C28H16S6/c1-13-23-15-7-3-5-9-17(15)31-27(23)33-25(13)21-11-19-20(29-21)12-22(30-19)26-14(2)24-16-8-4-6-10-18(16)32-28(24)34-26/h3-12H,1-2H3. The first-order valence-corrected chi connectivity index (χ1v) is 15.9. The van der Waals surface area contributed by atoms with Crippen molar-refractivity contribution in [2.75, 3.05) is 0 Å². The molecule has 0 spiro atoms. The Bertz CT molecular complexity index is 1870. The van der Waals surface area contributed by atoms with Crippen LogP contribution in [0.5, 0.6) is 0 Å². The predicted octanol–water partition coefficient (Wildman–Crippen LogP) is 11.8. The fraction of sp³-hybridized carbons (Fsp3) is 0.0714. The Labute approximate surface area is 220 Å². The highest BCUT2D eigenvalue weighted by Gasteiger charge is 2.20. The van der Waals surface area contributed by atoms with E-state index in [1.54, 1.807) is 0 Å². The van der Waals surface area contributed by atoms with E-state index in [1.807, 2.05) is 68.0 Å². The van der Waals surface area contributed by atoms with Crippen LogP contribution >= 0.6 is 68.0 Å². The van der Waals surface area contributed by atoms with Crippen molar-refractivity contribution in [3.8, 4) is 19.5 Å². The summed E-state index contributed by atoms with van der Waals surface area (Å²) < 4.78 is 8.53. The zero-order valence-corrected chi connectivity index (χ0v) is 23.1. The van der Waals surface area contributed by atoms with Crippen LogP contribution in [0.2, 0.25) is 0 Å². The third kappa shape index (κ3) is 2.72. The van der Waals surface area contributed by atoms with Gasteiger partial charge in [0.05, 0.1) is 8.03 Å². The molecule has 6 heterocycles. The van der Waals surface area contributed by atoms with Gasteiger partial charge in [0.1, 0.15) is 0 Å². The van der Waals surface area contributed by atoms with Crippen molar-refractivity contribution in [2.45, 2.75) is 13.8 Å². The Balaban J connectivity index is 1.25. The topological polar surface area (TPSA) is 0 Å². The van der Waals surface area contributed by atoms with Gasteiger partial charge < -0.3 is 0 Å². The summed E-state index contributed by atoms with van der Waals surface area (Å²) in [6, 6.07) is 22.5. The minimum absolute atomic E-state index is 1.40. The second kappa shape index (κ2) is 7.23. The maximum atomic E-state index is 2.43. The molecular formula is C28H16S6. The van der Waals surface area contributed by atoms with Crippen LogP contribution in [0.4, 0.5) is 0 Å². The van der Waals surface area contributed by atoms with Gasteiger partial charge in [-0.2, -0.15) is 0 Å². The van der Waals surface area contributed by atoms with E-state index in [2.05, 4.69) is 74.5 Å². The molecule has 8 rings (SSSR count). The first kappa shape index (κ1) is 20.2. The number of thiophene rings is 6. The summed E-state index contributed by atoms with van der Waals surface area (Å²) >= 11 is 11.7.